The molecule has 0 spiro atoms. The predicted molar refractivity (Wildman–Crippen MR) is 110 cm³/mol. The highest BCUT2D eigenvalue weighted by molar-refractivity contribution is 7.92. The maximum atomic E-state index is 12.6. The van der Waals surface area contributed by atoms with Crippen LogP contribution in [0.15, 0.2) is 71.8 Å². The maximum Gasteiger partial charge on any atom is 0.261 e. The van der Waals surface area contributed by atoms with E-state index in [2.05, 4.69) is 14.6 Å². The Morgan fingerprint density at radius 3 is 2.30 bits per heavy atom. The minimum atomic E-state index is -3.65. The molecule has 2 aromatic carbocycles. The molecule has 140 valence electrons. The summed E-state index contributed by atoms with van der Waals surface area (Å²) in [5.41, 5.74) is 3.46. The van der Waals surface area contributed by atoms with E-state index in [0.29, 0.717) is 5.69 Å². The molecule has 0 saturated heterocycles. The third kappa shape index (κ3) is 4.28. The van der Waals surface area contributed by atoms with Crippen LogP contribution in [0, 0.1) is 13.8 Å². The van der Waals surface area contributed by atoms with Gasteiger partial charge in [-0.25, -0.2) is 13.4 Å². The number of sulfonamides is 1. The van der Waals surface area contributed by atoms with Crippen molar-refractivity contribution in [3.63, 3.8) is 0 Å². The van der Waals surface area contributed by atoms with Crippen molar-refractivity contribution >= 4 is 27.2 Å². The average molecular weight is 382 g/mol. The summed E-state index contributed by atoms with van der Waals surface area (Å²) in [5, 5.41) is 0. The van der Waals surface area contributed by atoms with Gasteiger partial charge in [-0.1, -0.05) is 24.3 Å². The monoisotopic (exact) mass is 381 g/mol. The van der Waals surface area contributed by atoms with Crippen LogP contribution in [0.5, 0.6) is 0 Å². The number of aromatic nitrogens is 1. The van der Waals surface area contributed by atoms with Crippen LogP contribution < -0.4 is 9.62 Å². The number of para-hydroxylation sites is 1. The second-order valence-corrected chi connectivity index (χ2v) is 8.02. The number of benzene rings is 2. The molecule has 0 aliphatic heterocycles. The Hall–Kier alpha value is -2.86. The smallest absolute Gasteiger partial charge is 0.261 e. The lowest BCUT2D eigenvalue weighted by Crippen LogP contribution is -2.18. The molecule has 0 radical (unpaired) electrons. The van der Waals surface area contributed by atoms with E-state index >= 15 is 0 Å². The van der Waals surface area contributed by atoms with E-state index in [4.69, 9.17) is 0 Å². The van der Waals surface area contributed by atoms with E-state index in [1.807, 2.05) is 63.2 Å². The van der Waals surface area contributed by atoms with Crippen molar-refractivity contribution in [3.05, 3.63) is 78.0 Å². The number of hydrogen-bond donors (Lipinski definition) is 1. The third-order valence-electron chi connectivity index (χ3n) is 4.45. The molecular formula is C21H23N3O2S. The van der Waals surface area contributed by atoms with E-state index in [0.717, 1.165) is 29.2 Å². The second kappa shape index (κ2) is 7.80. The fourth-order valence-corrected chi connectivity index (χ4v) is 3.91. The SMILES string of the molecule is CCN(c1ccccc1)c1ccc(NS(=O)(=O)c2ccc(C)c(C)c2)cn1. The molecule has 3 aromatic rings. The van der Waals surface area contributed by atoms with E-state index in [9.17, 15) is 8.42 Å². The number of hydrogen-bond acceptors (Lipinski definition) is 4. The van der Waals surface area contributed by atoms with Crippen molar-refractivity contribution in [3.8, 4) is 0 Å². The zero-order chi connectivity index (χ0) is 19.4. The second-order valence-electron chi connectivity index (χ2n) is 6.34. The van der Waals surface area contributed by atoms with E-state index in [1.165, 1.54) is 0 Å². The van der Waals surface area contributed by atoms with Gasteiger partial charge < -0.3 is 4.90 Å². The molecule has 1 heterocycles. The van der Waals surface area contributed by atoms with Crippen molar-refractivity contribution in [2.24, 2.45) is 0 Å². The van der Waals surface area contributed by atoms with Gasteiger partial charge in [0.05, 0.1) is 16.8 Å². The first-order chi connectivity index (χ1) is 12.9. The molecule has 0 aliphatic rings. The van der Waals surface area contributed by atoms with Gasteiger partial charge >= 0.3 is 0 Å². The largest absolute Gasteiger partial charge is 0.327 e. The zero-order valence-corrected chi connectivity index (χ0v) is 16.5. The van der Waals surface area contributed by atoms with E-state index in [1.54, 1.807) is 24.4 Å². The van der Waals surface area contributed by atoms with Crippen molar-refractivity contribution in [1.29, 1.82) is 0 Å². The fraction of sp³-hybridized carbons (Fsp3) is 0.190. The first kappa shape index (κ1) is 18.9. The first-order valence-corrected chi connectivity index (χ1v) is 10.3. The van der Waals surface area contributed by atoms with Gasteiger partial charge in [0.1, 0.15) is 5.82 Å². The summed E-state index contributed by atoms with van der Waals surface area (Å²) < 4.78 is 27.8. The molecule has 6 heteroatoms. The van der Waals surface area contributed by atoms with E-state index < -0.39 is 10.0 Å². The van der Waals surface area contributed by atoms with Crippen LogP contribution >= 0.6 is 0 Å². The first-order valence-electron chi connectivity index (χ1n) is 8.79. The lowest BCUT2D eigenvalue weighted by Gasteiger charge is -2.22. The predicted octanol–water partition coefficient (Wildman–Crippen LogP) is 4.66. The number of nitrogens with one attached hydrogen (secondary N) is 1. The number of anilines is 3. The normalized spacial score (nSPS) is 11.2. The van der Waals surface area contributed by atoms with Crippen LogP contribution in [-0.4, -0.2) is 19.9 Å². The highest BCUT2D eigenvalue weighted by Gasteiger charge is 2.16. The molecule has 1 aromatic heterocycles. The molecule has 27 heavy (non-hydrogen) atoms. The molecule has 0 unspecified atom stereocenters. The summed E-state index contributed by atoms with van der Waals surface area (Å²) in [4.78, 5) is 6.74. The molecule has 3 rings (SSSR count). The minimum Gasteiger partial charge on any atom is -0.327 e. The molecule has 0 atom stereocenters. The Kier molecular flexibility index (Phi) is 5.46. The molecule has 1 N–H and O–H groups in total. The number of rotatable bonds is 6. The number of aryl methyl sites for hydroxylation is 2. The Balaban J connectivity index is 1.82. The van der Waals surface area contributed by atoms with Crippen molar-refractivity contribution < 1.29 is 8.42 Å². The van der Waals surface area contributed by atoms with E-state index in [-0.39, 0.29) is 4.90 Å². The van der Waals surface area contributed by atoms with Gasteiger partial charge in [-0.2, -0.15) is 0 Å². The van der Waals surface area contributed by atoms with Crippen LogP contribution in [-0.2, 0) is 10.0 Å². The summed E-state index contributed by atoms with van der Waals surface area (Å²) in [5.74, 6) is 0.762. The van der Waals surface area contributed by atoms with Gasteiger partial charge in [-0.3, -0.25) is 4.72 Å². The third-order valence-corrected chi connectivity index (χ3v) is 5.83. The lowest BCUT2D eigenvalue weighted by atomic mass is 10.1. The zero-order valence-electron chi connectivity index (χ0n) is 15.7. The minimum absolute atomic E-state index is 0.245. The summed E-state index contributed by atoms with van der Waals surface area (Å²) in [6.07, 6.45) is 1.54. The summed E-state index contributed by atoms with van der Waals surface area (Å²) in [6, 6.07) is 18.6. The standard InChI is InChI=1S/C21H23N3O2S/c1-4-24(19-8-6-5-7-9-19)21-13-11-18(15-22-21)23-27(25,26)20-12-10-16(2)17(3)14-20/h5-15,23H,4H2,1-3H3. The Bertz CT molecular complexity index is 1020. The van der Waals surface area contributed by atoms with Gasteiger partial charge in [0.2, 0.25) is 0 Å². The summed E-state index contributed by atoms with van der Waals surface area (Å²) in [6.45, 7) is 6.65. The van der Waals surface area contributed by atoms with Crippen molar-refractivity contribution in [2.75, 3.05) is 16.2 Å². The average Bonchev–Trinajstić information content (AvgIpc) is 2.66. The molecule has 0 bridgehead atoms. The highest BCUT2D eigenvalue weighted by atomic mass is 32.2. The van der Waals surface area contributed by atoms with Crippen LogP contribution in [0.1, 0.15) is 18.1 Å². The van der Waals surface area contributed by atoms with Crippen molar-refractivity contribution in [1.82, 2.24) is 4.98 Å². The Labute approximate surface area is 160 Å². The molecular weight excluding hydrogens is 358 g/mol. The number of nitrogens with zero attached hydrogens (tertiary/aromatic N) is 2. The summed E-state index contributed by atoms with van der Waals surface area (Å²) >= 11 is 0. The maximum absolute atomic E-state index is 12.6. The van der Waals surface area contributed by atoms with Gasteiger partial charge in [0.25, 0.3) is 10.0 Å². The fourth-order valence-electron chi connectivity index (χ4n) is 2.79. The number of pyridine rings is 1. The van der Waals surface area contributed by atoms with Gasteiger partial charge in [-0.15, -0.1) is 0 Å². The van der Waals surface area contributed by atoms with Crippen LogP contribution in [0.2, 0.25) is 0 Å². The molecule has 0 amide bonds. The van der Waals surface area contributed by atoms with Gasteiger partial charge in [0.15, 0.2) is 0 Å². The summed E-state index contributed by atoms with van der Waals surface area (Å²) in [7, 11) is -3.65. The molecule has 0 fully saturated rings. The van der Waals surface area contributed by atoms with Gasteiger partial charge in [-0.05, 0) is 68.3 Å². The highest BCUT2D eigenvalue weighted by Crippen LogP contribution is 2.25. The van der Waals surface area contributed by atoms with Crippen LogP contribution in [0.3, 0.4) is 0 Å². The van der Waals surface area contributed by atoms with Crippen molar-refractivity contribution in [2.45, 2.75) is 25.7 Å². The topological polar surface area (TPSA) is 62.3 Å². The van der Waals surface area contributed by atoms with Gasteiger partial charge in [0, 0.05) is 12.2 Å². The molecule has 5 nitrogen and oxygen atoms in total. The van der Waals surface area contributed by atoms with Crippen LogP contribution in [0.4, 0.5) is 17.2 Å². The lowest BCUT2D eigenvalue weighted by molar-refractivity contribution is 0.601. The molecule has 0 saturated carbocycles. The van der Waals surface area contributed by atoms with Crippen LogP contribution in [0.25, 0.3) is 0 Å². The Morgan fingerprint density at radius 1 is 0.963 bits per heavy atom. The quantitative estimate of drug-likeness (QED) is 0.675. The Morgan fingerprint density at radius 2 is 1.70 bits per heavy atom. The molecule has 0 aliphatic carbocycles.